The Morgan fingerprint density at radius 3 is 2.17 bits per heavy atom. The van der Waals surface area contributed by atoms with Crippen LogP contribution in [0, 0.1) is 11.3 Å². The molecule has 1 fully saturated rings. The van der Waals surface area contributed by atoms with Gasteiger partial charge in [0.2, 0.25) is 10.0 Å². The molecule has 10 heteroatoms. The van der Waals surface area contributed by atoms with Crippen molar-refractivity contribution >= 4 is 15.7 Å². The molecule has 0 aromatic heterocycles. The molecule has 0 unspecified atom stereocenters. The summed E-state index contributed by atoms with van der Waals surface area (Å²) in [7, 11) is -3.72. The van der Waals surface area contributed by atoms with E-state index in [1.807, 2.05) is 6.07 Å². The second-order valence-electron chi connectivity index (χ2n) is 6.58. The summed E-state index contributed by atoms with van der Waals surface area (Å²) in [6.07, 6.45) is -4.52. The summed E-state index contributed by atoms with van der Waals surface area (Å²) in [5.41, 5.74) is 5.76. The van der Waals surface area contributed by atoms with Gasteiger partial charge in [0.1, 0.15) is 6.07 Å². The topological polar surface area (TPSA) is 90.4 Å². The molecule has 29 heavy (non-hydrogen) atoms. The third kappa shape index (κ3) is 4.37. The summed E-state index contributed by atoms with van der Waals surface area (Å²) in [4.78, 5) is 1.75. The zero-order chi connectivity index (χ0) is 21.2. The van der Waals surface area contributed by atoms with Crippen molar-refractivity contribution in [3.63, 3.8) is 0 Å². The van der Waals surface area contributed by atoms with Crippen LogP contribution >= 0.6 is 0 Å². The second kappa shape index (κ2) is 8.02. The van der Waals surface area contributed by atoms with E-state index in [1.54, 1.807) is 17.0 Å². The van der Waals surface area contributed by atoms with E-state index in [4.69, 9.17) is 5.73 Å². The summed E-state index contributed by atoms with van der Waals surface area (Å²) < 4.78 is 66.0. The lowest BCUT2D eigenvalue weighted by atomic mass is 10.1. The summed E-state index contributed by atoms with van der Waals surface area (Å²) >= 11 is 0. The number of benzene rings is 2. The number of rotatable bonds is 4. The Morgan fingerprint density at radius 1 is 1.03 bits per heavy atom. The molecule has 2 aromatic rings. The average Bonchev–Trinajstić information content (AvgIpc) is 2.72. The van der Waals surface area contributed by atoms with E-state index in [-0.39, 0.29) is 42.3 Å². The van der Waals surface area contributed by atoms with Crippen molar-refractivity contribution in [1.29, 1.82) is 5.26 Å². The van der Waals surface area contributed by atoms with Crippen LogP contribution in [0.5, 0.6) is 0 Å². The van der Waals surface area contributed by atoms with Gasteiger partial charge in [-0.1, -0.05) is 12.1 Å². The number of halogens is 3. The monoisotopic (exact) mass is 424 g/mol. The quantitative estimate of drug-likeness (QED) is 0.815. The van der Waals surface area contributed by atoms with Gasteiger partial charge in [0.15, 0.2) is 0 Å². The van der Waals surface area contributed by atoms with E-state index >= 15 is 0 Å². The molecule has 1 aliphatic rings. The van der Waals surface area contributed by atoms with Crippen LogP contribution in [0.1, 0.15) is 16.7 Å². The normalized spacial score (nSPS) is 15.9. The number of piperazine rings is 1. The highest BCUT2D eigenvalue weighted by Gasteiger charge is 2.33. The van der Waals surface area contributed by atoms with Gasteiger partial charge in [-0.2, -0.15) is 22.7 Å². The number of hydrogen-bond donors (Lipinski definition) is 1. The number of nitrogens with zero attached hydrogens (tertiary/aromatic N) is 3. The Morgan fingerprint density at radius 2 is 1.66 bits per heavy atom. The molecule has 154 valence electrons. The molecule has 0 spiro atoms. The van der Waals surface area contributed by atoms with Crippen molar-refractivity contribution in [2.75, 3.05) is 31.1 Å². The molecule has 0 atom stereocenters. The lowest BCUT2D eigenvalue weighted by molar-refractivity contribution is -0.137. The molecule has 1 heterocycles. The molecule has 0 radical (unpaired) electrons. The standard InChI is InChI=1S/C19H19F3N4O2S/c20-19(21,22)16-4-3-15(13-24)18(11-16)25-7-9-26(10-8-25)29(27,28)17-5-1-14(12-23)2-6-17/h1-6,11H,7-10,12,23H2. The van der Waals surface area contributed by atoms with Gasteiger partial charge in [0, 0.05) is 32.7 Å². The van der Waals surface area contributed by atoms with Gasteiger partial charge >= 0.3 is 6.18 Å². The van der Waals surface area contributed by atoms with Gasteiger partial charge in [-0.15, -0.1) is 0 Å². The van der Waals surface area contributed by atoms with Crippen molar-refractivity contribution in [1.82, 2.24) is 4.31 Å². The van der Waals surface area contributed by atoms with E-state index < -0.39 is 21.8 Å². The van der Waals surface area contributed by atoms with Gasteiger partial charge < -0.3 is 10.6 Å². The predicted molar refractivity (Wildman–Crippen MR) is 101 cm³/mol. The molecule has 0 aliphatic carbocycles. The second-order valence-corrected chi connectivity index (χ2v) is 8.52. The van der Waals surface area contributed by atoms with Crippen molar-refractivity contribution in [3.05, 3.63) is 59.2 Å². The first-order valence-electron chi connectivity index (χ1n) is 8.82. The number of nitriles is 1. The van der Waals surface area contributed by atoms with Crippen molar-refractivity contribution in [2.24, 2.45) is 5.73 Å². The molecule has 0 saturated carbocycles. The third-order valence-electron chi connectivity index (χ3n) is 4.82. The van der Waals surface area contributed by atoms with E-state index in [2.05, 4.69) is 0 Å². The number of alkyl halides is 3. The minimum absolute atomic E-state index is 0.0993. The Balaban J connectivity index is 1.79. The molecule has 2 aromatic carbocycles. The van der Waals surface area contributed by atoms with Crippen LogP contribution < -0.4 is 10.6 Å². The van der Waals surface area contributed by atoms with Crippen molar-refractivity contribution in [2.45, 2.75) is 17.6 Å². The highest BCUT2D eigenvalue weighted by Crippen LogP contribution is 2.34. The van der Waals surface area contributed by atoms with E-state index in [0.717, 1.165) is 23.8 Å². The Kier molecular flexibility index (Phi) is 5.84. The fraction of sp³-hybridized carbons (Fsp3) is 0.316. The lowest BCUT2D eigenvalue weighted by Gasteiger charge is -2.36. The average molecular weight is 424 g/mol. The fourth-order valence-corrected chi connectivity index (χ4v) is 4.60. The summed E-state index contributed by atoms with van der Waals surface area (Å²) in [6.45, 7) is 0.855. The predicted octanol–water partition coefficient (Wildman–Crippen LogP) is 2.55. The lowest BCUT2D eigenvalue weighted by Crippen LogP contribution is -2.48. The number of nitrogens with two attached hydrogens (primary N) is 1. The van der Waals surface area contributed by atoms with Gasteiger partial charge in [0.05, 0.1) is 21.7 Å². The minimum Gasteiger partial charge on any atom is -0.368 e. The zero-order valence-corrected chi connectivity index (χ0v) is 16.2. The fourth-order valence-electron chi connectivity index (χ4n) is 3.18. The maximum atomic E-state index is 13.0. The molecule has 6 nitrogen and oxygen atoms in total. The molecule has 2 N–H and O–H groups in total. The first-order valence-corrected chi connectivity index (χ1v) is 10.3. The Bertz CT molecular complexity index is 1020. The number of sulfonamides is 1. The summed E-state index contributed by atoms with van der Waals surface area (Å²) in [6, 6.07) is 11.1. The summed E-state index contributed by atoms with van der Waals surface area (Å²) in [5, 5.41) is 9.24. The van der Waals surface area contributed by atoms with Crippen molar-refractivity contribution in [3.8, 4) is 6.07 Å². The maximum Gasteiger partial charge on any atom is 0.416 e. The van der Waals surface area contributed by atoms with Gasteiger partial charge in [-0.25, -0.2) is 8.42 Å². The molecular weight excluding hydrogens is 405 g/mol. The van der Waals surface area contributed by atoms with Crippen LogP contribution in [0.2, 0.25) is 0 Å². The molecule has 1 saturated heterocycles. The highest BCUT2D eigenvalue weighted by molar-refractivity contribution is 7.89. The third-order valence-corrected chi connectivity index (χ3v) is 6.73. The molecule has 1 aliphatic heterocycles. The molecular formula is C19H19F3N4O2S. The maximum absolute atomic E-state index is 13.0. The van der Waals surface area contributed by atoms with Crippen LogP contribution in [-0.4, -0.2) is 38.9 Å². The SMILES string of the molecule is N#Cc1ccc(C(F)(F)F)cc1N1CCN(S(=O)(=O)c2ccc(CN)cc2)CC1. The smallest absolute Gasteiger partial charge is 0.368 e. The van der Waals surface area contributed by atoms with Crippen LogP contribution in [0.15, 0.2) is 47.4 Å². The molecule has 0 bridgehead atoms. The minimum atomic E-state index is -4.52. The van der Waals surface area contributed by atoms with Crippen LogP contribution in [0.4, 0.5) is 18.9 Å². The van der Waals surface area contributed by atoms with Gasteiger partial charge in [-0.3, -0.25) is 0 Å². The van der Waals surface area contributed by atoms with E-state index in [9.17, 15) is 26.9 Å². The Hall–Kier alpha value is -2.61. The Labute approximate surface area is 167 Å². The number of anilines is 1. The highest BCUT2D eigenvalue weighted by atomic mass is 32.2. The number of hydrogen-bond acceptors (Lipinski definition) is 5. The van der Waals surface area contributed by atoms with E-state index in [0.29, 0.717) is 6.54 Å². The van der Waals surface area contributed by atoms with Gasteiger partial charge in [-0.05, 0) is 35.9 Å². The molecule has 0 amide bonds. The van der Waals surface area contributed by atoms with Crippen LogP contribution in [0.3, 0.4) is 0 Å². The molecule has 3 rings (SSSR count). The van der Waals surface area contributed by atoms with Gasteiger partial charge in [0.25, 0.3) is 0 Å². The van der Waals surface area contributed by atoms with Crippen LogP contribution in [-0.2, 0) is 22.7 Å². The first-order chi connectivity index (χ1) is 13.7. The zero-order valence-electron chi connectivity index (χ0n) is 15.4. The first kappa shape index (κ1) is 21.1. The largest absolute Gasteiger partial charge is 0.416 e. The van der Waals surface area contributed by atoms with Crippen molar-refractivity contribution < 1.29 is 21.6 Å². The van der Waals surface area contributed by atoms with Crippen LogP contribution in [0.25, 0.3) is 0 Å². The van der Waals surface area contributed by atoms with E-state index in [1.165, 1.54) is 16.4 Å². The summed E-state index contributed by atoms with van der Waals surface area (Å²) in [5.74, 6) is 0.